The number of carbonyl (C=O) groups excluding carboxylic acids is 1. The van der Waals surface area contributed by atoms with Crippen LogP contribution in [0.3, 0.4) is 0 Å². The molecule has 0 fully saturated rings. The van der Waals surface area contributed by atoms with E-state index in [1.54, 1.807) is 22.7 Å². The number of guanidine groups is 1. The zero-order valence-corrected chi connectivity index (χ0v) is 27.9. The second kappa shape index (κ2) is 13.6. The maximum Gasteiger partial charge on any atom is 0.407 e. The fourth-order valence-corrected chi connectivity index (χ4v) is 8.46. The molecule has 13 heteroatoms. The second-order valence-electron chi connectivity index (χ2n) is 11.3. The van der Waals surface area contributed by atoms with Crippen molar-refractivity contribution in [3.05, 3.63) is 95.4 Å². The van der Waals surface area contributed by atoms with Crippen LogP contribution >= 0.6 is 34.4 Å². The summed E-state index contributed by atoms with van der Waals surface area (Å²) in [7, 11) is 0. The Bertz CT molecular complexity index is 2140. The summed E-state index contributed by atoms with van der Waals surface area (Å²) >= 11 is 4.61. The molecule has 0 saturated heterocycles. The second-order valence-corrected chi connectivity index (χ2v) is 13.9. The van der Waals surface area contributed by atoms with Gasteiger partial charge < -0.3 is 26.2 Å². The molecule has 3 aromatic carbocycles. The quantitative estimate of drug-likeness (QED) is 0.0533. The Labute approximate surface area is 288 Å². The van der Waals surface area contributed by atoms with Crippen LogP contribution in [0.2, 0.25) is 0 Å². The van der Waals surface area contributed by atoms with E-state index in [-0.39, 0.29) is 24.9 Å². The molecule has 2 atom stereocenters. The largest absolute Gasteiger partial charge is 0.480 e. The number of nitrogens with one attached hydrogen (secondary N) is 3. The lowest BCUT2D eigenvalue weighted by Gasteiger charge is -2.18. The molecule has 0 radical (unpaired) electrons. The fourth-order valence-electron chi connectivity index (χ4n) is 6.11. The molecule has 6 N–H and O–H groups in total. The van der Waals surface area contributed by atoms with Gasteiger partial charge in [0.1, 0.15) is 23.7 Å². The molecule has 1 aliphatic rings. The van der Waals surface area contributed by atoms with Crippen LogP contribution in [0.5, 0.6) is 0 Å². The minimum atomic E-state index is -1.16. The summed E-state index contributed by atoms with van der Waals surface area (Å²) in [6.45, 7) is 0.381. The van der Waals surface area contributed by atoms with Gasteiger partial charge in [-0.2, -0.15) is 8.75 Å². The van der Waals surface area contributed by atoms with Gasteiger partial charge in [-0.15, -0.1) is 22.7 Å². The van der Waals surface area contributed by atoms with E-state index in [1.807, 2.05) is 24.3 Å². The summed E-state index contributed by atoms with van der Waals surface area (Å²) in [5.74, 6) is -1.56. The number of amides is 1. The van der Waals surface area contributed by atoms with Crippen molar-refractivity contribution in [1.29, 1.82) is 5.41 Å². The Morgan fingerprint density at radius 2 is 1.62 bits per heavy atom. The number of carboxylic acids is 1. The summed E-state index contributed by atoms with van der Waals surface area (Å²) < 4.78 is 14.9. The number of ether oxygens (including phenoxy) is 1. The number of thiophene rings is 2. The van der Waals surface area contributed by atoms with Crippen molar-refractivity contribution < 1.29 is 19.4 Å². The molecular weight excluding hydrogens is 665 g/mol. The first-order chi connectivity index (χ1) is 23.4. The van der Waals surface area contributed by atoms with E-state index in [0.717, 1.165) is 59.7 Å². The monoisotopic (exact) mass is 694 g/mol. The van der Waals surface area contributed by atoms with E-state index in [1.165, 1.54) is 16.6 Å². The SMILES string of the molecule is N=C(N)NCCC[C@H](NC(=O)OCC1c2ccccc2-c2ccc(-c3ccc(-c4ccc(-c5cccs5)c5nsnc45)s3)cc21)C(=O)O. The third-order valence-electron chi connectivity index (χ3n) is 8.37. The third-order valence-corrected chi connectivity index (χ3v) is 11.0. The van der Waals surface area contributed by atoms with Crippen molar-refractivity contribution in [2.75, 3.05) is 13.2 Å². The predicted molar refractivity (Wildman–Crippen MR) is 192 cm³/mol. The highest BCUT2D eigenvalue weighted by molar-refractivity contribution is 7.19. The molecule has 3 aromatic heterocycles. The van der Waals surface area contributed by atoms with E-state index in [2.05, 4.69) is 79.4 Å². The van der Waals surface area contributed by atoms with Crippen LogP contribution in [0.1, 0.15) is 29.9 Å². The van der Waals surface area contributed by atoms with Crippen molar-refractivity contribution in [3.63, 3.8) is 0 Å². The summed E-state index contributed by atoms with van der Waals surface area (Å²) in [5, 5.41) is 24.0. The van der Waals surface area contributed by atoms with E-state index >= 15 is 0 Å². The number of nitrogens with zero attached hydrogens (tertiary/aromatic N) is 2. The topological polar surface area (TPSA) is 163 Å². The van der Waals surface area contributed by atoms with Gasteiger partial charge in [0.25, 0.3) is 0 Å². The number of carboxylic acid groups (broad SMARTS) is 1. The van der Waals surface area contributed by atoms with Crippen molar-refractivity contribution in [3.8, 4) is 42.4 Å². The fraction of sp³-hybridized carbons (Fsp3) is 0.171. The molecule has 3 heterocycles. The number of rotatable bonds is 11. The van der Waals surface area contributed by atoms with Gasteiger partial charge in [0.2, 0.25) is 0 Å². The Hall–Kier alpha value is -5.11. The number of aliphatic carboxylic acids is 1. The number of aromatic nitrogens is 2. The van der Waals surface area contributed by atoms with Gasteiger partial charge in [-0.3, -0.25) is 5.41 Å². The van der Waals surface area contributed by atoms with Gasteiger partial charge in [-0.05, 0) is 70.3 Å². The molecule has 10 nitrogen and oxygen atoms in total. The average Bonchev–Trinajstić information content (AvgIpc) is 3.91. The Morgan fingerprint density at radius 3 is 2.38 bits per heavy atom. The van der Waals surface area contributed by atoms with Crippen molar-refractivity contribution in [1.82, 2.24) is 19.4 Å². The minimum absolute atomic E-state index is 0.0542. The van der Waals surface area contributed by atoms with E-state index < -0.39 is 18.1 Å². The number of benzene rings is 3. The lowest BCUT2D eigenvalue weighted by molar-refractivity contribution is -0.139. The maximum atomic E-state index is 12.8. The zero-order chi connectivity index (χ0) is 33.2. The molecule has 1 unspecified atom stereocenters. The molecule has 0 bridgehead atoms. The summed E-state index contributed by atoms with van der Waals surface area (Å²) in [5.41, 5.74) is 14.6. The maximum absolute atomic E-state index is 12.8. The van der Waals surface area contributed by atoms with Crippen LogP contribution in [0, 0.1) is 5.41 Å². The minimum Gasteiger partial charge on any atom is -0.480 e. The van der Waals surface area contributed by atoms with Crippen LogP contribution in [-0.2, 0) is 9.53 Å². The Kier molecular flexibility index (Phi) is 8.89. The molecule has 7 rings (SSSR count). The molecule has 242 valence electrons. The van der Waals surface area contributed by atoms with Gasteiger partial charge in [0.15, 0.2) is 5.96 Å². The molecule has 1 amide bonds. The summed E-state index contributed by atoms with van der Waals surface area (Å²) in [6.07, 6.45) is -0.228. The molecule has 0 aliphatic heterocycles. The van der Waals surface area contributed by atoms with Crippen molar-refractivity contribution in [2.45, 2.75) is 24.8 Å². The van der Waals surface area contributed by atoms with Crippen LogP contribution in [-0.4, -0.2) is 51.1 Å². The number of nitrogens with two attached hydrogens (primary N) is 1. The Balaban J connectivity index is 1.11. The molecule has 1 aliphatic carbocycles. The van der Waals surface area contributed by atoms with E-state index in [9.17, 15) is 14.7 Å². The molecule has 0 saturated carbocycles. The summed E-state index contributed by atoms with van der Waals surface area (Å²) in [4.78, 5) is 27.9. The first kappa shape index (κ1) is 31.5. The van der Waals surface area contributed by atoms with Crippen LogP contribution < -0.4 is 16.4 Å². The zero-order valence-electron chi connectivity index (χ0n) is 25.4. The van der Waals surface area contributed by atoms with Gasteiger partial charge >= 0.3 is 12.1 Å². The van der Waals surface area contributed by atoms with Gasteiger partial charge in [-0.25, -0.2) is 9.59 Å². The number of fused-ring (bicyclic) bond motifs is 4. The molecule has 0 spiro atoms. The smallest absolute Gasteiger partial charge is 0.407 e. The highest BCUT2D eigenvalue weighted by Gasteiger charge is 2.31. The number of hydrogen-bond acceptors (Lipinski definition) is 9. The number of alkyl carbamates (subject to hydrolysis) is 1. The van der Waals surface area contributed by atoms with Crippen LogP contribution in [0.25, 0.3) is 53.5 Å². The third kappa shape index (κ3) is 6.27. The molecular formula is C35H30N6O4S3. The Morgan fingerprint density at radius 1 is 0.896 bits per heavy atom. The highest BCUT2D eigenvalue weighted by atomic mass is 32.1. The van der Waals surface area contributed by atoms with Gasteiger partial charge in [0.05, 0.1) is 11.7 Å². The van der Waals surface area contributed by atoms with E-state index in [4.69, 9.17) is 15.9 Å². The lowest BCUT2D eigenvalue weighted by atomic mass is 9.96. The van der Waals surface area contributed by atoms with Gasteiger partial charge in [-0.1, -0.05) is 54.6 Å². The van der Waals surface area contributed by atoms with Crippen LogP contribution in [0.4, 0.5) is 4.79 Å². The molecule has 48 heavy (non-hydrogen) atoms. The van der Waals surface area contributed by atoms with Crippen LogP contribution in [0.15, 0.2) is 84.2 Å². The van der Waals surface area contributed by atoms with Crippen molar-refractivity contribution >= 4 is 63.5 Å². The lowest BCUT2D eigenvalue weighted by Crippen LogP contribution is -2.42. The molecule has 6 aromatic rings. The highest BCUT2D eigenvalue weighted by Crippen LogP contribution is 2.47. The summed E-state index contributed by atoms with van der Waals surface area (Å²) in [6, 6.07) is 26.0. The number of hydrogen-bond donors (Lipinski definition) is 5. The predicted octanol–water partition coefficient (Wildman–Crippen LogP) is 7.37. The van der Waals surface area contributed by atoms with Crippen molar-refractivity contribution in [2.24, 2.45) is 5.73 Å². The standard InChI is InChI=1S/C35H30N6O4S3/c36-34(37)38-15-3-7-27(33(42)43)39-35(44)45-18-26-21-6-2-1-5-20(21)22-10-9-19(17-25(22)26)28-13-14-30(47-28)24-12-11-23(29-8-4-16-46-29)31-32(24)41-48-40-31/h1-2,4-6,8-14,16-17,26-27H,3,7,15,18H2,(H,39,44)(H,42,43)(H4,36,37,38)/t26?,27-/m0/s1. The first-order valence-corrected chi connectivity index (χ1v) is 17.7. The number of carbonyl (C=O) groups is 2. The van der Waals surface area contributed by atoms with Gasteiger partial charge in [0, 0.05) is 38.2 Å². The first-order valence-electron chi connectivity index (χ1n) is 15.2. The van der Waals surface area contributed by atoms with E-state index in [0.29, 0.717) is 13.0 Å². The normalized spacial score (nSPS) is 13.9. The average molecular weight is 695 g/mol.